The maximum Gasteiger partial charge on any atom is 0.0549 e. The summed E-state index contributed by atoms with van der Waals surface area (Å²) in [5.74, 6) is 1.71. The molecule has 15 heavy (non-hydrogen) atoms. The standard InChI is InChI=1S/C12H13B3/c13-15-14-9-12(10-5-1-2-6-10)11-7-3-4-8-11/h1-8,10-12H,9H2. The third-order valence-corrected chi connectivity index (χ3v) is 3.09. The number of allylic oxidation sites excluding steroid dienone is 8. The van der Waals surface area contributed by atoms with Gasteiger partial charge in [0.15, 0.2) is 0 Å². The summed E-state index contributed by atoms with van der Waals surface area (Å²) in [4.78, 5) is 0. The van der Waals surface area contributed by atoms with Crippen molar-refractivity contribution in [1.29, 1.82) is 0 Å². The van der Waals surface area contributed by atoms with Crippen molar-refractivity contribution in [2.45, 2.75) is 6.32 Å². The summed E-state index contributed by atoms with van der Waals surface area (Å²) in [5, 5.41) is 0. The lowest BCUT2D eigenvalue weighted by molar-refractivity contribution is 0.436. The average Bonchev–Trinajstić information content (AvgIpc) is 2.90. The fourth-order valence-electron chi connectivity index (χ4n) is 2.28. The van der Waals surface area contributed by atoms with Crippen LogP contribution in [0.4, 0.5) is 0 Å². The molecule has 0 nitrogen and oxygen atoms in total. The van der Waals surface area contributed by atoms with Gasteiger partial charge in [0.2, 0.25) is 0 Å². The van der Waals surface area contributed by atoms with Gasteiger partial charge in [0.1, 0.15) is 0 Å². The number of hydrogen-bond donors (Lipinski definition) is 0. The van der Waals surface area contributed by atoms with Gasteiger partial charge in [-0.3, -0.25) is 0 Å². The molecular weight excluding hydrogens is 177 g/mol. The van der Waals surface area contributed by atoms with Gasteiger partial charge in [-0.2, -0.15) is 0 Å². The Balaban J connectivity index is 2.01. The Morgan fingerprint density at radius 1 is 0.933 bits per heavy atom. The Labute approximate surface area is 95.1 Å². The first-order valence-corrected chi connectivity index (χ1v) is 5.48. The molecule has 0 saturated carbocycles. The highest BCUT2D eigenvalue weighted by Crippen LogP contribution is 2.33. The lowest BCUT2D eigenvalue weighted by Crippen LogP contribution is -2.21. The molecule has 0 atom stereocenters. The van der Waals surface area contributed by atoms with Crippen molar-refractivity contribution in [2.24, 2.45) is 17.8 Å². The molecule has 0 aromatic carbocycles. The summed E-state index contributed by atoms with van der Waals surface area (Å²) in [6, 6.07) is 0. The summed E-state index contributed by atoms with van der Waals surface area (Å²) in [7, 11) is 9.13. The molecule has 2 rings (SSSR count). The highest BCUT2D eigenvalue weighted by molar-refractivity contribution is 7.23. The van der Waals surface area contributed by atoms with Crippen LogP contribution in [-0.4, -0.2) is 22.0 Å². The lowest BCUT2D eigenvalue weighted by Gasteiger charge is -2.25. The Kier molecular flexibility index (Phi) is 3.77. The van der Waals surface area contributed by atoms with Crippen molar-refractivity contribution in [3.05, 3.63) is 48.6 Å². The van der Waals surface area contributed by atoms with Crippen LogP contribution in [0.1, 0.15) is 0 Å². The van der Waals surface area contributed by atoms with Crippen LogP contribution in [0.2, 0.25) is 6.32 Å². The molecule has 0 amide bonds. The maximum absolute atomic E-state index is 5.42. The molecule has 4 radical (unpaired) electrons. The summed E-state index contributed by atoms with van der Waals surface area (Å²) in [5.41, 5.74) is 0. The Hall–Kier alpha value is -0.845. The van der Waals surface area contributed by atoms with Crippen molar-refractivity contribution < 1.29 is 0 Å². The molecule has 0 saturated heterocycles. The smallest absolute Gasteiger partial charge is 0.0549 e. The maximum atomic E-state index is 5.42. The summed E-state index contributed by atoms with van der Waals surface area (Å²) in [6.07, 6.45) is 18.7. The zero-order chi connectivity index (χ0) is 10.5. The monoisotopic (exact) mass is 190 g/mol. The molecule has 0 bridgehead atoms. The normalized spacial score (nSPS) is 19.5. The Morgan fingerprint density at radius 2 is 1.40 bits per heavy atom. The molecule has 0 aliphatic heterocycles. The first kappa shape index (κ1) is 10.7. The van der Waals surface area contributed by atoms with Crippen LogP contribution in [0.3, 0.4) is 0 Å². The third-order valence-electron chi connectivity index (χ3n) is 3.09. The molecule has 70 valence electrons. The molecule has 0 N–H and O–H groups in total. The van der Waals surface area contributed by atoms with Crippen LogP contribution >= 0.6 is 0 Å². The zero-order valence-electron chi connectivity index (χ0n) is 8.79. The van der Waals surface area contributed by atoms with Gasteiger partial charge >= 0.3 is 0 Å². The molecular formula is C12H13B3. The Morgan fingerprint density at radius 3 is 1.80 bits per heavy atom. The van der Waals surface area contributed by atoms with E-state index < -0.39 is 0 Å². The van der Waals surface area contributed by atoms with Gasteiger partial charge in [-0.25, -0.2) is 0 Å². The van der Waals surface area contributed by atoms with Crippen LogP contribution in [-0.2, 0) is 0 Å². The first-order valence-electron chi connectivity index (χ1n) is 5.48. The van der Waals surface area contributed by atoms with Crippen molar-refractivity contribution >= 4 is 22.0 Å². The quantitative estimate of drug-likeness (QED) is 0.580. The second kappa shape index (κ2) is 5.30. The van der Waals surface area contributed by atoms with Gasteiger partial charge in [0, 0.05) is 14.8 Å². The fraction of sp³-hybridized carbons (Fsp3) is 0.333. The van der Waals surface area contributed by atoms with Crippen LogP contribution in [0.5, 0.6) is 0 Å². The summed E-state index contributed by atoms with van der Waals surface area (Å²) in [6.45, 7) is 0. The summed E-state index contributed by atoms with van der Waals surface area (Å²) < 4.78 is 0. The topological polar surface area (TPSA) is 0 Å². The highest BCUT2D eigenvalue weighted by atomic mass is 14.3. The molecule has 2 aliphatic rings. The minimum Gasteiger partial charge on any atom is -0.0850 e. The van der Waals surface area contributed by atoms with E-state index in [-0.39, 0.29) is 0 Å². The van der Waals surface area contributed by atoms with Crippen molar-refractivity contribution in [3.8, 4) is 0 Å². The molecule has 0 spiro atoms. The average molecular weight is 190 g/mol. The predicted molar refractivity (Wildman–Crippen MR) is 69.1 cm³/mol. The van der Waals surface area contributed by atoms with E-state index in [9.17, 15) is 0 Å². The van der Waals surface area contributed by atoms with E-state index in [0.717, 1.165) is 6.32 Å². The van der Waals surface area contributed by atoms with Gasteiger partial charge in [0.05, 0.1) is 7.17 Å². The van der Waals surface area contributed by atoms with Crippen LogP contribution in [0.15, 0.2) is 48.6 Å². The zero-order valence-corrected chi connectivity index (χ0v) is 8.79. The minimum absolute atomic E-state index is 0.554. The molecule has 0 fully saturated rings. The largest absolute Gasteiger partial charge is 0.0850 e. The molecule has 0 unspecified atom stereocenters. The number of hydrogen-bond acceptors (Lipinski definition) is 0. The van der Waals surface area contributed by atoms with E-state index in [4.69, 9.17) is 7.74 Å². The van der Waals surface area contributed by atoms with E-state index >= 15 is 0 Å². The Bertz CT molecular complexity index is 263. The van der Waals surface area contributed by atoms with Gasteiger partial charge < -0.3 is 0 Å². The molecule has 0 aromatic rings. The molecule has 0 aromatic heterocycles. The van der Waals surface area contributed by atoms with E-state index in [1.807, 2.05) is 0 Å². The third kappa shape index (κ3) is 2.59. The van der Waals surface area contributed by atoms with Crippen LogP contribution in [0, 0.1) is 17.8 Å². The first-order chi connectivity index (χ1) is 7.42. The van der Waals surface area contributed by atoms with Gasteiger partial charge in [-0.1, -0.05) is 54.9 Å². The molecule has 2 aliphatic carbocycles. The SMILES string of the molecule is [B][B][B]CC(C1C=CC=C1)C1C=CC=C1. The summed E-state index contributed by atoms with van der Waals surface area (Å²) >= 11 is 0. The highest BCUT2D eigenvalue weighted by Gasteiger charge is 2.24. The van der Waals surface area contributed by atoms with Crippen molar-refractivity contribution in [2.75, 3.05) is 0 Å². The van der Waals surface area contributed by atoms with E-state index in [2.05, 4.69) is 55.8 Å². The van der Waals surface area contributed by atoms with Gasteiger partial charge in [-0.05, 0) is 17.8 Å². The van der Waals surface area contributed by atoms with Crippen LogP contribution < -0.4 is 0 Å². The number of rotatable bonds is 5. The van der Waals surface area contributed by atoms with E-state index in [0.29, 0.717) is 17.8 Å². The van der Waals surface area contributed by atoms with Crippen molar-refractivity contribution in [3.63, 3.8) is 0 Å². The van der Waals surface area contributed by atoms with Gasteiger partial charge in [-0.15, -0.1) is 0 Å². The second-order valence-corrected chi connectivity index (χ2v) is 4.02. The fourth-order valence-corrected chi connectivity index (χ4v) is 2.28. The van der Waals surface area contributed by atoms with Crippen molar-refractivity contribution in [1.82, 2.24) is 0 Å². The second-order valence-electron chi connectivity index (χ2n) is 4.02. The van der Waals surface area contributed by atoms with Crippen LogP contribution in [0.25, 0.3) is 0 Å². The van der Waals surface area contributed by atoms with E-state index in [1.165, 1.54) is 0 Å². The van der Waals surface area contributed by atoms with E-state index in [1.54, 1.807) is 7.06 Å². The molecule has 0 heterocycles. The van der Waals surface area contributed by atoms with Gasteiger partial charge in [0.25, 0.3) is 0 Å². The minimum atomic E-state index is 0.554. The predicted octanol–water partition coefficient (Wildman–Crippen LogP) is 1.91. The lowest BCUT2D eigenvalue weighted by atomic mass is 9.26. The molecule has 3 heteroatoms.